The van der Waals surface area contributed by atoms with Crippen molar-refractivity contribution in [1.82, 2.24) is 19.8 Å². The highest BCUT2D eigenvalue weighted by molar-refractivity contribution is 7.91. The standard InChI is InChI=1S/C30H40ClN7O4S/c1-7-14-43(40,41)27-17-22(36(2)3)8-9-24(27)33-29-23(31)18-32-30(35-29)34-25-15-20-10-12-38(19-28(39)37(4)5)13-11-21(20)16-26(25)42-6/h8-9,15-18H,7,10-14,19H2,1-6H3,(H2,32,33,34,35). The Balaban J connectivity index is 1.60. The summed E-state index contributed by atoms with van der Waals surface area (Å²) in [6, 6.07) is 9.25. The fourth-order valence-corrected chi connectivity index (χ4v) is 6.50. The number of rotatable bonds is 11. The highest BCUT2D eigenvalue weighted by Crippen LogP contribution is 2.35. The van der Waals surface area contributed by atoms with Gasteiger partial charge < -0.3 is 25.2 Å². The third kappa shape index (κ3) is 7.87. The second-order valence-electron chi connectivity index (χ2n) is 10.9. The molecule has 2 heterocycles. The molecule has 3 aromatic rings. The summed E-state index contributed by atoms with van der Waals surface area (Å²) in [5.74, 6) is 1.26. The van der Waals surface area contributed by atoms with Gasteiger partial charge in [-0.25, -0.2) is 13.4 Å². The highest BCUT2D eigenvalue weighted by Gasteiger charge is 2.22. The lowest BCUT2D eigenvalue weighted by atomic mass is 10.0. The van der Waals surface area contributed by atoms with Gasteiger partial charge in [0.1, 0.15) is 10.8 Å². The molecule has 0 atom stereocenters. The minimum atomic E-state index is -3.56. The SMILES string of the molecule is CCCS(=O)(=O)c1cc(N(C)C)ccc1Nc1nc(Nc2cc3c(cc2OC)CCN(CC(=O)N(C)C)CC3)ncc1Cl. The number of likely N-dealkylation sites (N-methyl/N-ethyl adjacent to an activating group) is 1. The summed E-state index contributed by atoms with van der Waals surface area (Å²) in [6.45, 7) is 3.76. The highest BCUT2D eigenvalue weighted by atomic mass is 35.5. The van der Waals surface area contributed by atoms with E-state index in [-0.39, 0.29) is 33.3 Å². The summed E-state index contributed by atoms with van der Waals surface area (Å²) in [6.07, 6.45) is 3.53. The van der Waals surface area contributed by atoms with Crippen LogP contribution in [0, 0.1) is 0 Å². The van der Waals surface area contributed by atoms with Gasteiger partial charge in [0.25, 0.3) is 0 Å². The number of fused-ring (bicyclic) bond motifs is 1. The van der Waals surface area contributed by atoms with E-state index in [9.17, 15) is 13.2 Å². The number of ether oxygens (including phenoxy) is 1. The minimum Gasteiger partial charge on any atom is -0.495 e. The van der Waals surface area contributed by atoms with Crippen LogP contribution >= 0.6 is 11.6 Å². The summed E-state index contributed by atoms with van der Waals surface area (Å²) < 4.78 is 32.0. The lowest BCUT2D eigenvalue weighted by molar-refractivity contribution is -0.129. The van der Waals surface area contributed by atoms with Crippen molar-refractivity contribution in [2.75, 3.05) is 76.2 Å². The number of anilines is 5. The summed E-state index contributed by atoms with van der Waals surface area (Å²) in [7, 11) is 5.31. The van der Waals surface area contributed by atoms with Crippen molar-refractivity contribution in [3.05, 3.63) is 52.7 Å². The molecule has 11 nitrogen and oxygen atoms in total. The quantitative estimate of drug-likeness (QED) is 0.316. The lowest BCUT2D eigenvalue weighted by Gasteiger charge is -2.21. The van der Waals surface area contributed by atoms with Gasteiger partial charge in [0.15, 0.2) is 15.7 Å². The van der Waals surface area contributed by atoms with E-state index in [2.05, 4.69) is 25.5 Å². The molecule has 0 saturated heterocycles. The van der Waals surface area contributed by atoms with Gasteiger partial charge in [0.2, 0.25) is 11.9 Å². The van der Waals surface area contributed by atoms with E-state index in [4.69, 9.17) is 16.3 Å². The molecule has 2 N–H and O–H groups in total. The summed E-state index contributed by atoms with van der Waals surface area (Å²) in [5, 5.41) is 6.61. The Morgan fingerprint density at radius 3 is 2.37 bits per heavy atom. The number of hydrogen-bond donors (Lipinski definition) is 2. The summed E-state index contributed by atoms with van der Waals surface area (Å²) in [5.41, 5.74) is 4.16. The van der Waals surface area contributed by atoms with Gasteiger partial charge in [0.05, 0.1) is 41.9 Å². The number of amides is 1. The summed E-state index contributed by atoms with van der Waals surface area (Å²) in [4.78, 5) is 27.0. The molecule has 4 rings (SSSR count). The molecular formula is C30H40ClN7O4S. The first-order chi connectivity index (χ1) is 20.4. The Hall–Kier alpha value is -3.61. The van der Waals surface area contributed by atoms with Gasteiger partial charge in [-0.05, 0) is 60.7 Å². The average Bonchev–Trinajstić information content (AvgIpc) is 3.15. The fourth-order valence-electron chi connectivity index (χ4n) is 4.85. The van der Waals surface area contributed by atoms with Crippen molar-refractivity contribution >= 4 is 56.2 Å². The van der Waals surface area contributed by atoms with Crippen LogP contribution in [0.15, 0.2) is 41.4 Å². The number of aromatic nitrogens is 2. The molecular weight excluding hydrogens is 590 g/mol. The third-order valence-corrected chi connectivity index (χ3v) is 9.54. The zero-order valence-electron chi connectivity index (χ0n) is 25.6. The van der Waals surface area contributed by atoms with Gasteiger partial charge in [-0.2, -0.15) is 4.98 Å². The van der Waals surface area contributed by atoms with Crippen molar-refractivity contribution in [1.29, 1.82) is 0 Å². The molecule has 43 heavy (non-hydrogen) atoms. The molecule has 1 aliphatic rings. The summed E-state index contributed by atoms with van der Waals surface area (Å²) >= 11 is 6.47. The van der Waals surface area contributed by atoms with Crippen LogP contribution in [0.3, 0.4) is 0 Å². The molecule has 232 valence electrons. The molecule has 1 aliphatic heterocycles. The zero-order valence-corrected chi connectivity index (χ0v) is 27.1. The largest absolute Gasteiger partial charge is 0.495 e. The number of nitrogens with zero attached hydrogens (tertiary/aromatic N) is 5. The normalized spacial score (nSPS) is 13.6. The Morgan fingerprint density at radius 2 is 1.74 bits per heavy atom. The fraction of sp³-hybridized carbons (Fsp3) is 0.433. The predicted octanol–water partition coefficient (Wildman–Crippen LogP) is 4.36. The molecule has 1 amide bonds. The van der Waals surface area contributed by atoms with Gasteiger partial charge in [-0.1, -0.05) is 18.5 Å². The van der Waals surface area contributed by atoms with Gasteiger partial charge in [0, 0.05) is 47.0 Å². The van der Waals surface area contributed by atoms with Crippen LogP contribution in [0.5, 0.6) is 5.75 Å². The molecule has 0 radical (unpaired) electrons. The number of carbonyl (C=O) groups is 1. The maximum absolute atomic E-state index is 13.2. The first-order valence-corrected chi connectivity index (χ1v) is 16.2. The van der Waals surface area contributed by atoms with Crippen LogP contribution in [0.25, 0.3) is 0 Å². The van der Waals surface area contributed by atoms with E-state index < -0.39 is 9.84 Å². The van der Waals surface area contributed by atoms with Crippen LogP contribution in [0.1, 0.15) is 24.5 Å². The minimum absolute atomic E-state index is 0.0186. The molecule has 2 aromatic carbocycles. The zero-order chi connectivity index (χ0) is 31.3. The van der Waals surface area contributed by atoms with Crippen molar-refractivity contribution < 1.29 is 17.9 Å². The average molecular weight is 630 g/mol. The van der Waals surface area contributed by atoms with E-state index in [1.807, 2.05) is 44.1 Å². The number of halogens is 1. The van der Waals surface area contributed by atoms with Crippen molar-refractivity contribution in [3.63, 3.8) is 0 Å². The maximum atomic E-state index is 13.2. The van der Waals surface area contributed by atoms with Gasteiger partial charge in [-0.3, -0.25) is 9.69 Å². The number of methoxy groups -OCH3 is 1. The second-order valence-corrected chi connectivity index (χ2v) is 13.4. The third-order valence-electron chi connectivity index (χ3n) is 7.31. The topological polar surface area (TPSA) is 120 Å². The number of carbonyl (C=O) groups excluding carboxylic acids is 1. The maximum Gasteiger partial charge on any atom is 0.236 e. The van der Waals surface area contributed by atoms with E-state index in [1.54, 1.807) is 38.2 Å². The smallest absolute Gasteiger partial charge is 0.236 e. The number of hydrogen-bond acceptors (Lipinski definition) is 10. The first kappa shape index (κ1) is 32.3. The molecule has 0 fully saturated rings. The van der Waals surface area contributed by atoms with Gasteiger partial charge >= 0.3 is 0 Å². The molecule has 1 aromatic heterocycles. The Bertz CT molecular complexity index is 1580. The van der Waals surface area contributed by atoms with Crippen LogP contribution in [0.2, 0.25) is 5.02 Å². The van der Waals surface area contributed by atoms with Crippen LogP contribution in [-0.4, -0.2) is 94.8 Å². The number of benzene rings is 2. The molecule has 0 saturated carbocycles. The Labute approximate surface area is 259 Å². The molecule has 13 heteroatoms. The monoisotopic (exact) mass is 629 g/mol. The van der Waals surface area contributed by atoms with E-state index in [0.29, 0.717) is 30.1 Å². The van der Waals surface area contributed by atoms with E-state index >= 15 is 0 Å². The Morgan fingerprint density at radius 1 is 1.05 bits per heavy atom. The number of nitrogens with one attached hydrogen (secondary N) is 2. The first-order valence-electron chi connectivity index (χ1n) is 14.1. The molecule has 0 bridgehead atoms. The van der Waals surface area contributed by atoms with Gasteiger partial charge in [-0.15, -0.1) is 0 Å². The van der Waals surface area contributed by atoms with E-state index in [0.717, 1.165) is 37.2 Å². The van der Waals surface area contributed by atoms with Crippen LogP contribution < -0.4 is 20.3 Å². The van der Waals surface area contributed by atoms with Crippen LogP contribution in [0.4, 0.5) is 28.8 Å². The predicted molar refractivity (Wildman–Crippen MR) is 172 cm³/mol. The van der Waals surface area contributed by atoms with Crippen molar-refractivity contribution in [2.24, 2.45) is 0 Å². The van der Waals surface area contributed by atoms with Crippen molar-refractivity contribution in [3.8, 4) is 5.75 Å². The van der Waals surface area contributed by atoms with Crippen molar-refractivity contribution in [2.45, 2.75) is 31.1 Å². The number of sulfone groups is 1. The molecule has 0 unspecified atom stereocenters. The lowest BCUT2D eigenvalue weighted by Crippen LogP contribution is -2.37. The van der Waals surface area contributed by atoms with E-state index in [1.165, 1.54) is 11.8 Å². The second kappa shape index (κ2) is 13.8. The Kier molecular flexibility index (Phi) is 10.4. The molecule has 0 aliphatic carbocycles. The molecule has 0 spiro atoms. The van der Waals surface area contributed by atoms with Crippen LogP contribution in [-0.2, 0) is 27.5 Å².